The fourth-order valence-electron chi connectivity index (χ4n) is 0.280. The van der Waals surface area contributed by atoms with Crippen LogP contribution in [0.15, 0.2) is 11.9 Å². The van der Waals surface area contributed by atoms with Crippen LogP contribution in [-0.2, 0) is 4.57 Å². The van der Waals surface area contributed by atoms with E-state index in [0.717, 1.165) is 6.08 Å². The van der Waals surface area contributed by atoms with Gasteiger partial charge in [-0.2, -0.15) is 0 Å². The SMILES string of the molecule is CC(C)(O)C=CP(=O)(O)O. The van der Waals surface area contributed by atoms with Gasteiger partial charge in [0.1, 0.15) is 0 Å². The van der Waals surface area contributed by atoms with Gasteiger partial charge in [0.05, 0.1) is 5.60 Å². The van der Waals surface area contributed by atoms with Gasteiger partial charge in [-0.25, -0.2) is 0 Å². The summed E-state index contributed by atoms with van der Waals surface area (Å²) in [6.07, 6.45) is 1.06. The minimum atomic E-state index is -4.10. The molecule has 0 aliphatic rings. The lowest BCUT2D eigenvalue weighted by Crippen LogP contribution is -2.13. The van der Waals surface area contributed by atoms with E-state index in [9.17, 15) is 4.57 Å². The van der Waals surface area contributed by atoms with Gasteiger partial charge < -0.3 is 14.9 Å². The average Bonchev–Trinajstić information content (AvgIpc) is 1.57. The van der Waals surface area contributed by atoms with Crippen LogP contribution in [-0.4, -0.2) is 20.5 Å². The van der Waals surface area contributed by atoms with Crippen molar-refractivity contribution in [2.24, 2.45) is 0 Å². The van der Waals surface area contributed by atoms with Crippen molar-refractivity contribution in [1.82, 2.24) is 0 Å². The van der Waals surface area contributed by atoms with Crippen LogP contribution in [0, 0.1) is 0 Å². The van der Waals surface area contributed by atoms with E-state index in [-0.39, 0.29) is 0 Å². The summed E-state index contributed by atoms with van der Waals surface area (Å²) < 4.78 is 10.2. The molecule has 0 aliphatic heterocycles. The molecule has 0 atom stereocenters. The Hall–Kier alpha value is -0.150. The van der Waals surface area contributed by atoms with Gasteiger partial charge in [-0.1, -0.05) is 0 Å². The van der Waals surface area contributed by atoms with Gasteiger partial charge in [-0.15, -0.1) is 0 Å². The third-order valence-electron chi connectivity index (χ3n) is 0.677. The van der Waals surface area contributed by atoms with Crippen molar-refractivity contribution < 1.29 is 19.5 Å². The Bertz CT molecular complexity index is 173. The summed E-state index contributed by atoms with van der Waals surface area (Å²) in [5.41, 5.74) is -1.17. The van der Waals surface area contributed by atoms with Crippen molar-refractivity contribution in [3.05, 3.63) is 11.9 Å². The van der Waals surface area contributed by atoms with Gasteiger partial charge in [0.25, 0.3) is 0 Å². The molecule has 0 fully saturated rings. The molecule has 5 heteroatoms. The molecule has 0 amide bonds. The maximum Gasteiger partial charge on any atom is 0.348 e. The minimum Gasteiger partial charge on any atom is -0.386 e. The lowest BCUT2D eigenvalue weighted by molar-refractivity contribution is 0.133. The van der Waals surface area contributed by atoms with Gasteiger partial charge in [0.2, 0.25) is 0 Å². The molecule has 0 unspecified atom stereocenters. The van der Waals surface area contributed by atoms with Crippen LogP contribution in [0.3, 0.4) is 0 Å². The van der Waals surface area contributed by atoms with Crippen LogP contribution in [0.25, 0.3) is 0 Å². The third kappa shape index (κ3) is 7.85. The maximum atomic E-state index is 10.2. The second kappa shape index (κ2) is 2.84. The van der Waals surface area contributed by atoms with Gasteiger partial charge in [-0.05, 0) is 19.9 Å². The first-order chi connectivity index (χ1) is 4.21. The standard InChI is InChI=1S/C5H11O4P/c1-5(2,6)3-4-10(7,8)9/h3-4,6H,1-2H3,(H2,7,8,9). The molecule has 0 heterocycles. The molecule has 60 valence electrons. The second-order valence-corrected chi connectivity index (χ2v) is 4.03. The average molecular weight is 166 g/mol. The summed E-state index contributed by atoms with van der Waals surface area (Å²) in [6, 6.07) is 0. The van der Waals surface area contributed by atoms with Gasteiger partial charge >= 0.3 is 7.60 Å². The second-order valence-electron chi connectivity index (χ2n) is 2.56. The molecule has 0 aromatic rings. The highest BCUT2D eigenvalue weighted by atomic mass is 31.2. The molecular weight excluding hydrogens is 155 g/mol. The molecular formula is C5H11O4P. The Balaban J connectivity index is 4.16. The molecule has 0 aliphatic carbocycles. The smallest absolute Gasteiger partial charge is 0.348 e. The predicted molar refractivity (Wildman–Crippen MR) is 37.5 cm³/mol. The third-order valence-corrected chi connectivity index (χ3v) is 1.21. The highest BCUT2D eigenvalue weighted by Crippen LogP contribution is 2.36. The minimum absolute atomic E-state index is 0.688. The number of rotatable bonds is 2. The van der Waals surface area contributed by atoms with Crippen LogP contribution in [0.1, 0.15) is 13.8 Å². The lowest BCUT2D eigenvalue weighted by Gasteiger charge is -2.09. The lowest BCUT2D eigenvalue weighted by atomic mass is 10.1. The van der Waals surface area contributed by atoms with Crippen LogP contribution < -0.4 is 0 Å². The largest absolute Gasteiger partial charge is 0.386 e. The Kier molecular flexibility index (Phi) is 2.80. The van der Waals surface area contributed by atoms with E-state index in [2.05, 4.69) is 0 Å². The van der Waals surface area contributed by atoms with Crippen LogP contribution in [0.4, 0.5) is 0 Å². The van der Waals surface area contributed by atoms with E-state index in [1.807, 2.05) is 0 Å². The Labute approximate surface area is 59.4 Å². The van der Waals surface area contributed by atoms with Crippen LogP contribution in [0.2, 0.25) is 0 Å². The summed E-state index contributed by atoms with van der Waals surface area (Å²) in [5, 5.41) is 8.95. The topological polar surface area (TPSA) is 77.8 Å². The fourth-order valence-corrected chi connectivity index (χ4v) is 0.839. The van der Waals surface area contributed by atoms with E-state index < -0.39 is 13.2 Å². The Morgan fingerprint density at radius 2 is 1.80 bits per heavy atom. The summed E-state index contributed by atoms with van der Waals surface area (Å²) in [6.45, 7) is 2.86. The van der Waals surface area contributed by atoms with Crippen molar-refractivity contribution >= 4 is 7.60 Å². The van der Waals surface area contributed by atoms with E-state index in [1.54, 1.807) is 0 Å². The van der Waals surface area contributed by atoms with Crippen molar-refractivity contribution in [3.63, 3.8) is 0 Å². The van der Waals surface area contributed by atoms with Gasteiger partial charge in [0, 0.05) is 5.82 Å². The quantitative estimate of drug-likeness (QED) is 0.520. The van der Waals surface area contributed by atoms with Gasteiger partial charge in [0.15, 0.2) is 0 Å². The van der Waals surface area contributed by atoms with Crippen LogP contribution in [0.5, 0.6) is 0 Å². The molecule has 10 heavy (non-hydrogen) atoms. The zero-order valence-electron chi connectivity index (χ0n) is 5.85. The first kappa shape index (κ1) is 9.85. The zero-order valence-corrected chi connectivity index (χ0v) is 6.75. The molecule has 3 N–H and O–H groups in total. The molecule has 0 bridgehead atoms. The van der Waals surface area contributed by atoms with Crippen LogP contribution >= 0.6 is 7.60 Å². The van der Waals surface area contributed by atoms with E-state index in [0.29, 0.717) is 5.82 Å². The normalized spacial score (nSPS) is 14.5. The Morgan fingerprint density at radius 3 is 1.90 bits per heavy atom. The van der Waals surface area contributed by atoms with Crippen molar-refractivity contribution in [2.75, 3.05) is 0 Å². The number of hydrogen-bond donors (Lipinski definition) is 3. The molecule has 0 aromatic carbocycles. The van der Waals surface area contributed by atoms with Crippen molar-refractivity contribution in [1.29, 1.82) is 0 Å². The Morgan fingerprint density at radius 1 is 1.40 bits per heavy atom. The summed E-state index contributed by atoms with van der Waals surface area (Å²) in [4.78, 5) is 16.6. The molecule has 0 spiro atoms. The zero-order chi connectivity index (χ0) is 8.41. The highest BCUT2D eigenvalue weighted by Gasteiger charge is 2.11. The molecule has 0 aromatic heterocycles. The first-order valence-corrected chi connectivity index (χ1v) is 4.37. The molecule has 0 saturated heterocycles. The number of hydrogen-bond acceptors (Lipinski definition) is 2. The predicted octanol–water partition coefficient (Wildman–Crippen LogP) is 0.449. The molecule has 0 rings (SSSR count). The molecule has 0 saturated carbocycles. The van der Waals surface area contributed by atoms with E-state index in [1.165, 1.54) is 13.8 Å². The van der Waals surface area contributed by atoms with Gasteiger partial charge in [-0.3, -0.25) is 4.57 Å². The fraction of sp³-hybridized carbons (Fsp3) is 0.600. The van der Waals surface area contributed by atoms with E-state index >= 15 is 0 Å². The summed E-state index contributed by atoms with van der Waals surface area (Å²) in [5.74, 6) is 0.688. The highest BCUT2D eigenvalue weighted by molar-refractivity contribution is 7.55. The monoisotopic (exact) mass is 166 g/mol. The van der Waals surface area contributed by atoms with E-state index in [4.69, 9.17) is 14.9 Å². The summed E-state index contributed by atoms with van der Waals surface area (Å²) in [7, 11) is -4.10. The number of aliphatic hydroxyl groups is 1. The maximum absolute atomic E-state index is 10.2. The van der Waals surface area contributed by atoms with Crippen molar-refractivity contribution in [3.8, 4) is 0 Å². The van der Waals surface area contributed by atoms with Crippen molar-refractivity contribution in [2.45, 2.75) is 19.4 Å². The molecule has 4 nitrogen and oxygen atoms in total. The molecule has 0 radical (unpaired) electrons. The first-order valence-electron chi connectivity index (χ1n) is 2.69. The summed E-state index contributed by atoms with van der Waals surface area (Å²) >= 11 is 0.